The summed E-state index contributed by atoms with van der Waals surface area (Å²) in [6, 6.07) is 9.50. The van der Waals surface area contributed by atoms with Crippen LogP contribution in [-0.2, 0) is 11.3 Å². The quantitative estimate of drug-likeness (QED) is 0.840. The van der Waals surface area contributed by atoms with Crippen LogP contribution in [0.2, 0.25) is 0 Å². The van der Waals surface area contributed by atoms with E-state index in [1.807, 2.05) is 18.2 Å². The van der Waals surface area contributed by atoms with Crippen molar-refractivity contribution in [3.8, 4) is 0 Å². The zero-order valence-corrected chi connectivity index (χ0v) is 15.5. The van der Waals surface area contributed by atoms with Crippen molar-refractivity contribution >= 4 is 28.4 Å². The zero-order chi connectivity index (χ0) is 18.4. The molecule has 8 heteroatoms. The molecule has 1 aromatic heterocycles. The van der Waals surface area contributed by atoms with Crippen LogP contribution in [0.15, 0.2) is 41.9 Å². The summed E-state index contributed by atoms with van der Waals surface area (Å²) in [6.07, 6.45) is 1.62. The molecule has 1 fully saturated rings. The molecule has 7 nitrogen and oxygen atoms in total. The second-order valence-corrected chi connectivity index (χ2v) is 7.14. The lowest BCUT2D eigenvalue weighted by Crippen LogP contribution is -2.54. The van der Waals surface area contributed by atoms with Gasteiger partial charge in [0.2, 0.25) is 5.91 Å². The van der Waals surface area contributed by atoms with Crippen molar-refractivity contribution in [2.45, 2.75) is 19.5 Å². The van der Waals surface area contributed by atoms with Crippen molar-refractivity contribution < 1.29 is 9.59 Å². The first kappa shape index (κ1) is 18.3. The largest absolute Gasteiger partial charge is 0.326 e. The summed E-state index contributed by atoms with van der Waals surface area (Å²) in [7, 11) is 0. The Labute approximate surface area is 157 Å². The minimum Gasteiger partial charge on any atom is -0.326 e. The number of nitrogens with one attached hydrogen (secondary N) is 2. The Kier molecular flexibility index (Phi) is 6.19. The molecule has 0 radical (unpaired) electrons. The molecule has 0 bridgehead atoms. The van der Waals surface area contributed by atoms with E-state index in [9.17, 15) is 9.59 Å². The molecule has 138 valence electrons. The summed E-state index contributed by atoms with van der Waals surface area (Å²) in [5.41, 5.74) is 1.28. The SMILES string of the molecule is C[C@@H](NC(=O)N1CCN(Cc2ccccc2)CC1)C(=O)Nc1nccs1. The Morgan fingerprint density at radius 1 is 1.19 bits per heavy atom. The lowest BCUT2D eigenvalue weighted by Gasteiger charge is -2.35. The number of hydrogen-bond acceptors (Lipinski definition) is 5. The number of nitrogens with zero attached hydrogens (tertiary/aromatic N) is 3. The maximum Gasteiger partial charge on any atom is 0.318 e. The summed E-state index contributed by atoms with van der Waals surface area (Å²) in [6.45, 7) is 5.51. The van der Waals surface area contributed by atoms with E-state index in [0.717, 1.165) is 19.6 Å². The molecule has 3 amide bonds. The van der Waals surface area contributed by atoms with Gasteiger partial charge < -0.3 is 15.5 Å². The number of hydrogen-bond donors (Lipinski definition) is 2. The van der Waals surface area contributed by atoms with Crippen molar-refractivity contribution in [3.05, 3.63) is 47.5 Å². The maximum absolute atomic E-state index is 12.4. The third-order valence-corrected chi connectivity index (χ3v) is 4.99. The van der Waals surface area contributed by atoms with Gasteiger partial charge in [0.15, 0.2) is 5.13 Å². The van der Waals surface area contributed by atoms with Gasteiger partial charge in [-0.2, -0.15) is 0 Å². The Hall–Kier alpha value is -2.45. The van der Waals surface area contributed by atoms with E-state index in [1.165, 1.54) is 16.9 Å². The highest BCUT2D eigenvalue weighted by atomic mass is 32.1. The fraction of sp³-hybridized carbons (Fsp3) is 0.389. The van der Waals surface area contributed by atoms with E-state index in [4.69, 9.17) is 0 Å². The number of carbonyl (C=O) groups excluding carboxylic acids is 2. The smallest absolute Gasteiger partial charge is 0.318 e. The van der Waals surface area contributed by atoms with Gasteiger partial charge in [0.25, 0.3) is 0 Å². The zero-order valence-electron chi connectivity index (χ0n) is 14.7. The number of urea groups is 1. The number of amides is 3. The maximum atomic E-state index is 12.4. The molecule has 26 heavy (non-hydrogen) atoms. The Balaban J connectivity index is 1.42. The summed E-state index contributed by atoms with van der Waals surface area (Å²) in [5, 5.41) is 7.77. The van der Waals surface area contributed by atoms with Crippen molar-refractivity contribution in [3.63, 3.8) is 0 Å². The van der Waals surface area contributed by atoms with E-state index >= 15 is 0 Å². The highest BCUT2D eigenvalue weighted by Gasteiger charge is 2.24. The van der Waals surface area contributed by atoms with Crippen molar-refractivity contribution in [1.29, 1.82) is 0 Å². The van der Waals surface area contributed by atoms with E-state index in [1.54, 1.807) is 23.4 Å². The summed E-state index contributed by atoms with van der Waals surface area (Å²) < 4.78 is 0. The molecule has 1 aromatic carbocycles. The van der Waals surface area contributed by atoms with Crippen LogP contribution in [-0.4, -0.2) is 58.9 Å². The Morgan fingerprint density at radius 2 is 1.92 bits per heavy atom. The number of benzene rings is 1. The van der Waals surface area contributed by atoms with Crippen LogP contribution in [0.3, 0.4) is 0 Å². The molecule has 2 aromatic rings. The van der Waals surface area contributed by atoms with Crippen LogP contribution in [0.1, 0.15) is 12.5 Å². The molecule has 1 aliphatic heterocycles. The number of aromatic nitrogens is 1. The highest BCUT2D eigenvalue weighted by molar-refractivity contribution is 7.13. The fourth-order valence-corrected chi connectivity index (χ4v) is 3.32. The van der Waals surface area contributed by atoms with Gasteiger partial charge in [0.1, 0.15) is 6.04 Å². The van der Waals surface area contributed by atoms with Crippen molar-refractivity contribution in [1.82, 2.24) is 20.1 Å². The second-order valence-electron chi connectivity index (χ2n) is 6.25. The third-order valence-electron chi connectivity index (χ3n) is 4.30. The van der Waals surface area contributed by atoms with Gasteiger partial charge in [-0.3, -0.25) is 9.69 Å². The third kappa shape index (κ3) is 5.03. The second kappa shape index (κ2) is 8.77. The molecule has 1 atom stereocenters. The molecule has 1 saturated heterocycles. The van der Waals surface area contributed by atoms with Crippen LogP contribution < -0.4 is 10.6 Å². The predicted molar refractivity (Wildman–Crippen MR) is 102 cm³/mol. The predicted octanol–water partition coefficient (Wildman–Crippen LogP) is 2.00. The topological polar surface area (TPSA) is 77.6 Å². The molecule has 0 aliphatic carbocycles. The summed E-state index contributed by atoms with van der Waals surface area (Å²) >= 11 is 1.34. The first-order valence-corrected chi connectivity index (χ1v) is 9.52. The van der Waals surface area contributed by atoms with E-state index in [0.29, 0.717) is 18.2 Å². The molecular formula is C18H23N5O2S. The summed E-state index contributed by atoms with van der Waals surface area (Å²) in [5.74, 6) is -0.268. The molecule has 2 N–H and O–H groups in total. The van der Waals surface area contributed by atoms with Gasteiger partial charge in [0, 0.05) is 44.3 Å². The van der Waals surface area contributed by atoms with E-state index in [2.05, 4.69) is 32.7 Å². The van der Waals surface area contributed by atoms with Crippen molar-refractivity contribution in [2.75, 3.05) is 31.5 Å². The minimum atomic E-state index is -0.617. The van der Waals surface area contributed by atoms with Gasteiger partial charge in [-0.05, 0) is 12.5 Å². The minimum absolute atomic E-state index is 0.203. The van der Waals surface area contributed by atoms with Crippen LogP contribution >= 0.6 is 11.3 Å². The molecule has 3 rings (SSSR count). The van der Waals surface area contributed by atoms with Gasteiger partial charge in [-0.1, -0.05) is 30.3 Å². The number of piperazine rings is 1. The average Bonchev–Trinajstić information content (AvgIpc) is 3.16. The van der Waals surface area contributed by atoms with Gasteiger partial charge in [-0.25, -0.2) is 9.78 Å². The number of anilines is 1. The molecule has 0 spiro atoms. The van der Waals surface area contributed by atoms with Crippen LogP contribution in [0, 0.1) is 0 Å². The van der Waals surface area contributed by atoms with Gasteiger partial charge in [-0.15, -0.1) is 11.3 Å². The van der Waals surface area contributed by atoms with E-state index in [-0.39, 0.29) is 11.9 Å². The standard InChI is InChI=1S/C18H23N5O2S/c1-14(16(24)21-17-19-7-12-26-17)20-18(25)23-10-8-22(9-11-23)13-15-5-3-2-4-6-15/h2-7,12,14H,8-11,13H2,1H3,(H,20,25)(H,19,21,24)/t14-/m1/s1. The molecular weight excluding hydrogens is 350 g/mol. The number of thiazole rings is 1. The normalized spacial score (nSPS) is 16.1. The fourth-order valence-electron chi connectivity index (χ4n) is 2.79. The van der Waals surface area contributed by atoms with Crippen LogP contribution in [0.25, 0.3) is 0 Å². The number of carbonyl (C=O) groups is 2. The first-order valence-electron chi connectivity index (χ1n) is 8.64. The monoisotopic (exact) mass is 373 g/mol. The van der Waals surface area contributed by atoms with E-state index < -0.39 is 6.04 Å². The van der Waals surface area contributed by atoms with Gasteiger partial charge >= 0.3 is 6.03 Å². The molecule has 1 aliphatic rings. The van der Waals surface area contributed by atoms with Gasteiger partial charge in [0.05, 0.1) is 0 Å². The highest BCUT2D eigenvalue weighted by Crippen LogP contribution is 2.11. The molecule has 0 saturated carbocycles. The Morgan fingerprint density at radius 3 is 2.58 bits per heavy atom. The lowest BCUT2D eigenvalue weighted by atomic mass is 10.2. The molecule has 2 heterocycles. The lowest BCUT2D eigenvalue weighted by molar-refractivity contribution is -0.117. The van der Waals surface area contributed by atoms with Crippen LogP contribution in [0.4, 0.5) is 9.93 Å². The first-order chi connectivity index (χ1) is 12.6. The summed E-state index contributed by atoms with van der Waals surface area (Å²) in [4.78, 5) is 32.6. The number of rotatable bonds is 5. The molecule has 0 unspecified atom stereocenters. The average molecular weight is 373 g/mol. The Bertz CT molecular complexity index is 714. The van der Waals surface area contributed by atoms with Crippen molar-refractivity contribution in [2.24, 2.45) is 0 Å². The van der Waals surface area contributed by atoms with Crippen LogP contribution in [0.5, 0.6) is 0 Å².